The Hall–Kier alpha value is -1.21. The zero-order chi connectivity index (χ0) is 14.0. The Bertz CT molecular complexity index is 495. The number of rotatable bonds is 4. The summed E-state index contributed by atoms with van der Waals surface area (Å²) in [6.07, 6.45) is 3.89. The van der Waals surface area contributed by atoms with E-state index in [1.807, 2.05) is 0 Å². The van der Waals surface area contributed by atoms with Crippen LogP contribution in [-0.2, 0) is 0 Å². The van der Waals surface area contributed by atoms with Gasteiger partial charge in [-0.2, -0.15) is 0 Å². The highest BCUT2D eigenvalue weighted by molar-refractivity contribution is 9.10. The van der Waals surface area contributed by atoms with Crippen molar-refractivity contribution in [1.82, 2.24) is 4.98 Å². The van der Waals surface area contributed by atoms with Crippen LogP contribution >= 0.6 is 15.9 Å². The van der Waals surface area contributed by atoms with Gasteiger partial charge < -0.3 is 10.4 Å². The summed E-state index contributed by atoms with van der Waals surface area (Å²) in [6.45, 7) is 2.31. The molecule has 6 nitrogen and oxygen atoms in total. The topological polar surface area (TPSA) is 88.3 Å². The Kier molecular flexibility index (Phi) is 4.36. The Morgan fingerprint density at radius 2 is 2.37 bits per heavy atom. The number of pyridine rings is 1. The summed E-state index contributed by atoms with van der Waals surface area (Å²) in [5, 5.41) is 23.7. The zero-order valence-corrected chi connectivity index (χ0v) is 12.2. The second-order valence-electron chi connectivity index (χ2n) is 4.83. The average Bonchev–Trinajstić information content (AvgIpc) is 2.76. The Labute approximate surface area is 119 Å². The first-order valence-electron chi connectivity index (χ1n) is 6.22. The molecule has 0 bridgehead atoms. The molecule has 2 atom stereocenters. The van der Waals surface area contributed by atoms with Gasteiger partial charge in [0.2, 0.25) is 0 Å². The number of hydrogen-bond acceptors (Lipinski definition) is 5. The molecule has 2 N–H and O–H groups in total. The molecule has 1 aromatic rings. The van der Waals surface area contributed by atoms with E-state index < -0.39 is 4.92 Å². The van der Waals surface area contributed by atoms with Gasteiger partial charge in [-0.25, -0.2) is 4.98 Å². The third kappa shape index (κ3) is 3.03. The quantitative estimate of drug-likeness (QED) is 0.654. The summed E-state index contributed by atoms with van der Waals surface area (Å²) in [5.41, 5.74) is 0.549. The number of hydrogen-bond donors (Lipinski definition) is 2. The third-order valence-corrected chi connectivity index (χ3v) is 4.55. The number of halogens is 1. The van der Waals surface area contributed by atoms with Crippen LogP contribution in [0.5, 0.6) is 0 Å². The first-order valence-corrected chi connectivity index (χ1v) is 7.01. The molecule has 0 amide bonds. The van der Waals surface area contributed by atoms with Crippen molar-refractivity contribution in [2.75, 3.05) is 11.9 Å². The van der Waals surface area contributed by atoms with Crippen LogP contribution < -0.4 is 5.32 Å². The summed E-state index contributed by atoms with van der Waals surface area (Å²) in [4.78, 5) is 14.4. The fourth-order valence-corrected chi connectivity index (χ4v) is 2.81. The molecular weight excluding hydrogens is 314 g/mol. The molecule has 1 fully saturated rings. The molecule has 0 radical (unpaired) electrons. The molecule has 1 heterocycles. The van der Waals surface area contributed by atoms with Crippen molar-refractivity contribution in [3.63, 3.8) is 0 Å². The van der Waals surface area contributed by atoms with Crippen LogP contribution in [0.25, 0.3) is 0 Å². The maximum absolute atomic E-state index is 10.8. The summed E-state index contributed by atoms with van der Waals surface area (Å²) in [7, 11) is 0. The lowest BCUT2D eigenvalue weighted by Gasteiger charge is -2.16. The Morgan fingerprint density at radius 1 is 1.63 bits per heavy atom. The van der Waals surface area contributed by atoms with Crippen molar-refractivity contribution >= 4 is 27.4 Å². The van der Waals surface area contributed by atoms with Crippen LogP contribution in [0.15, 0.2) is 10.7 Å². The normalized spacial score (nSPS) is 22.5. The predicted octanol–water partition coefficient (Wildman–Crippen LogP) is 2.63. The predicted molar refractivity (Wildman–Crippen MR) is 75.2 cm³/mol. The minimum Gasteiger partial charge on any atom is -0.393 e. The van der Waals surface area contributed by atoms with Crippen LogP contribution in [-0.4, -0.2) is 27.7 Å². The van der Waals surface area contributed by atoms with Crippen LogP contribution in [0.1, 0.15) is 24.8 Å². The number of nitrogens with zero attached hydrogens (tertiary/aromatic N) is 2. The molecule has 2 unspecified atom stereocenters. The van der Waals surface area contributed by atoms with Crippen molar-refractivity contribution < 1.29 is 10.0 Å². The summed E-state index contributed by atoms with van der Waals surface area (Å²) in [5.74, 6) is 0.811. The minimum atomic E-state index is -0.447. The van der Waals surface area contributed by atoms with Crippen LogP contribution in [0.2, 0.25) is 0 Å². The van der Waals surface area contributed by atoms with Gasteiger partial charge in [0.15, 0.2) is 0 Å². The highest BCUT2D eigenvalue weighted by Crippen LogP contribution is 2.31. The van der Waals surface area contributed by atoms with Gasteiger partial charge in [-0.1, -0.05) is 6.42 Å². The van der Waals surface area contributed by atoms with E-state index in [1.165, 1.54) is 6.20 Å². The standard InChI is InChI=1S/C12H16BrN3O3/c1-7-9(16(18)19)6-15-12(11(7)13)14-5-8-3-2-4-10(8)17/h6,8,10,17H,2-5H2,1H3,(H,14,15). The second kappa shape index (κ2) is 5.83. The molecule has 0 aliphatic heterocycles. The Balaban J connectivity index is 2.09. The van der Waals surface area contributed by atoms with E-state index in [-0.39, 0.29) is 17.7 Å². The second-order valence-corrected chi connectivity index (χ2v) is 5.62. The van der Waals surface area contributed by atoms with Gasteiger partial charge in [0.1, 0.15) is 12.0 Å². The van der Waals surface area contributed by atoms with Crippen molar-refractivity contribution in [3.05, 3.63) is 26.3 Å². The molecule has 0 saturated heterocycles. The number of nitrogens with one attached hydrogen (secondary N) is 1. The molecule has 2 rings (SSSR count). The third-order valence-electron chi connectivity index (χ3n) is 3.58. The monoisotopic (exact) mass is 329 g/mol. The summed E-state index contributed by atoms with van der Waals surface area (Å²) < 4.78 is 0.606. The smallest absolute Gasteiger partial charge is 0.291 e. The molecule has 0 aromatic carbocycles. The number of aliphatic hydroxyl groups excluding tert-OH is 1. The van der Waals surface area contributed by atoms with E-state index >= 15 is 0 Å². The number of aliphatic hydroxyl groups is 1. The van der Waals surface area contributed by atoms with Gasteiger partial charge in [0, 0.05) is 18.0 Å². The van der Waals surface area contributed by atoms with Gasteiger partial charge in [-0.05, 0) is 35.7 Å². The van der Waals surface area contributed by atoms with E-state index in [4.69, 9.17) is 0 Å². The SMILES string of the molecule is Cc1c([N+](=O)[O-])cnc(NCC2CCCC2O)c1Br. The average molecular weight is 330 g/mol. The maximum atomic E-state index is 10.8. The van der Waals surface area contributed by atoms with Crippen LogP contribution in [0.3, 0.4) is 0 Å². The van der Waals surface area contributed by atoms with Crippen molar-refractivity contribution in [1.29, 1.82) is 0 Å². The molecule has 1 aromatic heterocycles. The van der Waals surface area contributed by atoms with Gasteiger partial charge in [-0.15, -0.1) is 0 Å². The minimum absolute atomic E-state index is 0.00155. The Morgan fingerprint density at radius 3 is 2.95 bits per heavy atom. The van der Waals surface area contributed by atoms with Crippen molar-refractivity contribution in [2.45, 2.75) is 32.3 Å². The highest BCUT2D eigenvalue weighted by Gasteiger charge is 2.25. The number of aromatic nitrogens is 1. The lowest BCUT2D eigenvalue weighted by molar-refractivity contribution is -0.385. The molecule has 104 valence electrons. The van der Waals surface area contributed by atoms with E-state index in [9.17, 15) is 15.2 Å². The van der Waals surface area contributed by atoms with Crippen LogP contribution in [0, 0.1) is 23.0 Å². The number of nitro groups is 1. The fourth-order valence-electron chi connectivity index (χ4n) is 2.36. The molecule has 1 saturated carbocycles. The van der Waals surface area contributed by atoms with Gasteiger partial charge >= 0.3 is 0 Å². The largest absolute Gasteiger partial charge is 0.393 e. The molecule has 0 spiro atoms. The van der Waals surface area contributed by atoms with Crippen molar-refractivity contribution in [3.8, 4) is 0 Å². The molecule has 19 heavy (non-hydrogen) atoms. The number of anilines is 1. The van der Waals surface area contributed by atoms with Gasteiger partial charge in [-0.3, -0.25) is 10.1 Å². The lowest BCUT2D eigenvalue weighted by atomic mass is 10.1. The van der Waals surface area contributed by atoms with Crippen molar-refractivity contribution in [2.24, 2.45) is 5.92 Å². The van der Waals surface area contributed by atoms with E-state index in [0.717, 1.165) is 19.3 Å². The van der Waals surface area contributed by atoms with Crippen LogP contribution in [0.4, 0.5) is 11.5 Å². The lowest BCUT2D eigenvalue weighted by Crippen LogP contribution is -2.22. The van der Waals surface area contributed by atoms with E-state index in [1.54, 1.807) is 6.92 Å². The zero-order valence-electron chi connectivity index (χ0n) is 10.6. The van der Waals surface area contributed by atoms with Gasteiger partial charge in [0.05, 0.1) is 15.5 Å². The first kappa shape index (κ1) is 14.2. The molecule has 7 heteroatoms. The molecule has 1 aliphatic carbocycles. The maximum Gasteiger partial charge on any atom is 0.291 e. The summed E-state index contributed by atoms with van der Waals surface area (Å²) >= 11 is 3.33. The van der Waals surface area contributed by atoms with E-state index in [0.29, 0.717) is 22.4 Å². The fraction of sp³-hybridized carbons (Fsp3) is 0.583. The van der Waals surface area contributed by atoms with Gasteiger partial charge in [0.25, 0.3) is 5.69 Å². The first-order chi connectivity index (χ1) is 9.00. The molecule has 1 aliphatic rings. The van der Waals surface area contributed by atoms with E-state index in [2.05, 4.69) is 26.2 Å². The highest BCUT2D eigenvalue weighted by atomic mass is 79.9. The summed E-state index contributed by atoms with van der Waals surface area (Å²) in [6, 6.07) is 0. The molecular formula is C12H16BrN3O3.